The van der Waals surface area contributed by atoms with Crippen LogP contribution < -0.4 is 5.32 Å². The molecule has 1 aliphatic carbocycles. The van der Waals surface area contributed by atoms with Gasteiger partial charge in [-0.2, -0.15) is 0 Å². The summed E-state index contributed by atoms with van der Waals surface area (Å²) in [7, 11) is 2.00. The summed E-state index contributed by atoms with van der Waals surface area (Å²) in [6, 6.07) is 0. The van der Waals surface area contributed by atoms with E-state index < -0.39 is 0 Å². The predicted molar refractivity (Wildman–Crippen MR) is 86.2 cm³/mol. The summed E-state index contributed by atoms with van der Waals surface area (Å²) in [5.41, 5.74) is -0.0112. The number of hydrogen-bond donors (Lipinski definition) is 1. The molecule has 0 aromatic heterocycles. The lowest BCUT2D eigenvalue weighted by Gasteiger charge is -2.34. The summed E-state index contributed by atoms with van der Waals surface area (Å²) < 4.78 is 0. The van der Waals surface area contributed by atoms with E-state index in [1.54, 1.807) is 0 Å². The quantitative estimate of drug-likeness (QED) is 0.846. The lowest BCUT2D eigenvalue weighted by Crippen LogP contribution is -2.42. The largest absolute Gasteiger partial charge is 0.342 e. The summed E-state index contributed by atoms with van der Waals surface area (Å²) in [6.45, 7) is 7.49. The molecule has 3 nitrogen and oxygen atoms in total. The number of carbonyl (C=O) groups is 1. The van der Waals surface area contributed by atoms with Crippen molar-refractivity contribution in [3.05, 3.63) is 0 Å². The minimum atomic E-state index is -0.0112. The summed E-state index contributed by atoms with van der Waals surface area (Å²) in [5, 5.41) is 3.24. The van der Waals surface area contributed by atoms with E-state index in [1.165, 1.54) is 19.3 Å². The molecule has 1 N–H and O–H groups in total. The molecule has 1 aliphatic heterocycles. The van der Waals surface area contributed by atoms with Gasteiger partial charge in [0, 0.05) is 18.5 Å². The Bertz CT molecular complexity index is 314. The van der Waals surface area contributed by atoms with Crippen LogP contribution in [0.15, 0.2) is 0 Å². The molecule has 1 heterocycles. The third kappa shape index (κ3) is 3.88. The highest BCUT2D eigenvalue weighted by atomic mass is 35.5. The van der Waals surface area contributed by atoms with Gasteiger partial charge in [0.2, 0.25) is 5.91 Å². The molecule has 1 saturated heterocycles. The van der Waals surface area contributed by atoms with Gasteiger partial charge < -0.3 is 10.2 Å². The lowest BCUT2D eigenvalue weighted by molar-refractivity contribution is -0.142. The van der Waals surface area contributed by atoms with Crippen molar-refractivity contribution in [1.29, 1.82) is 0 Å². The Hall–Kier alpha value is -0.280. The fourth-order valence-electron chi connectivity index (χ4n) is 4.15. The van der Waals surface area contributed by atoms with Crippen LogP contribution in [-0.2, 0) is 4.79 Å². The summed E-state index contributed by atoms with van der Waals surface area (Å²) in [4.78, 5) is 15.1. The molecule has 0 aromatic carbocycles. The molecular weight excluding hydrogens is 272 g/mol. The van der Waals surface area contributed by atoms with Crippen molar-refractivity contribution < 1.29 is 4.79 Å². The fraction of sp³-hybridized carbons (Fsp3) is 0.938. The molecule has 1 saturated carbocycles. The minimum absolute atomic E-state index is 0. The third-order valence-electron chi connectivity index (χ3n) is 4.88. The molecular formula is C16H31ClN2O. The molecule has 118 valence electrons. The van der Waals surface area contributed by atoms with Crippen molar-refractivity contribution in [2.75, 3.05) is 26.7 Å². The van der Waals surface area contributed by atoms with Crippen LogP contribution in [0.5, 0.6) is 0 Å². The zero-order valence-corrected chi connectivity index (χ0v) is 14.1. The number of halogens is 1. The monoisotopic (exact) mass is 302 g/mol. The van der Waals surface area contributed by atoms with Crippen LogP contribution in [0, 0.1) is 17.3 Å². The number of carbonyl (C=O) groups excluding carboxylic acids is 1. The average molecular weight is 303 g/mol. The summed E-state index contributed by atoms with van der Waals surface area (Å²) >= 11 is 0. The number of likely N-dealkylation sites (tertiary alicyclic amines) is 1. The Morgan fingerprint density at radius 3 is 2.55 bits per heavy atom. The Morgan fingerprint density at radius 1 is 1.35 bits per heavy atom. The first kappa shape index (κ1) is 17.8. The molecule has 2 aliphatic rings. The van der Waals surface area contributed by atoms with Gasteiger partial charge in [-0.15, -0.1) is 12.4 Å². The van der Waals surface area contributed by atoms with Gasteiger partial charge in [-0.3, -0.25) is 4.79 Å². The molecule has 20 heavy (non-hydrogen) atoms. The minimum Gasteiger partial charge on any atom is -0.342 e. The van der Waals surface area contributed by atoms with Crippen LogP contribution in [0.25, 0.3) is 0 Å². The first-order chi connectivity index (χ1) is 9.07. The number of amides is 1. The van der Waals surface area contributed by atoms with Crippen LogP contribution in [0.4, 0.5) is 0 Å². The maximum absolute atomic E-state index is 13.0. The first-order valence-corrected chi connectivity index (χ1v) is 8.01. The van der Waals surface area contributed by atoms with Gasteiger partial charge in [-0.1, -0.05) is 26.7 Å². The Balaban J connectivity index is 0.00000200. The van der Waals surface area contributed by atoms with Crippen LogP contribution in [0.3, 0.4) is 0 Å². The van der Waals surface area contributed by atoms with Crippen LogP contribution >= 0.6 is 12.4 Å². The fourth-order valence-corrected chi connectivity index (χ4v) is 4.15. The maximum Gasteiger partial charge on any atom is 0.228 e. The van der Waals surface area contributed by atoms with E-state index in [-0.39, 0.29) is 17.8 Å². The highest BCUT2D eigenvalue weighted by Gasteiger charge is 2.44. The molecule has 0 radical (unpaired) electrons. The number of hydrogen-bond acceptors (Lipinski definition) is 2. The van der Waals surface area contributed by atoms with Crippen LogP contribution in [0.2, 0.25) is 0 Å². The molecule has 1 unspecified atom stereocenters. The zero-order chi connectivity index (χ0) is 13.9. The van der Waals surface area contributed by atoms with Crippen molar-refractivity contribution in [3.63, 3.8) is 0 Å². The van der Waals surface area contributed by atoms with Gasteiger partial charge in [-0.05, 0) is 51.1 Å². The maximum atomic E-state index is 13.0. The van der Waals surface area contributed by atoms with Gasteiger partial charge >= 0.3 is 0 Å². The van der Waals surface area contributed by atoms with E-state index in [1.807, 2.05) is 7.05 Å². The van der Waals surface area contributed by atoms with Gasteiger partial charge in [0.1, 0.15) is 0 Å². The molecule has 1 atom stereocenters. The number of rotatable bonds is 5. The second kappa shape index (κ2) is 7.65. The third-order valence-corrected chi connectivity index (χ3v) is 4.88. The molecule has 0 bridgehead atoms. The van der Waals surface area contributed by atoms with Gasteiger partial charge in [0.15, 0.2) is 0 Å². The van der Waals surface area contributed by atoms with E-state index in [2.05, 4.69) is 24.1 Å². The molecule has 0 spiro atoms. The lowest BCUT2D eigenvalue weighted by atomic mass is 9.77. The first-order valence-electron chi connectivity index (χ1n) is 8.01. The average Bonchev–Trinajstić information content (AvgIpc) is 2.98. The highest BCUT2D eigenvalue weighted by molar-refractivity contribution is 5.85. The van der Waals surface area contributed by atoms with Crippen molar-refractivity contribution in [3.8, 4) is 0 Å². The van der Waals surface area contributed by atoms with Crippen LogP contribution in [0.1, 0.15) is 52.4 Å². The van der Waals surface area contributed by atoms with Crippen molar-refractivity contribution in [2.45, 2.75) is 52.4 Å². The Kier molecular flexibility index (Phi) is 6.80. The zero-order valence-electron chi connectivity index (χ0n) is 13.3. The standard InChI is InChI=1S/C16H30N2O.ClH/c1-13(2)10-16(7-4-5-8-16)15(19)18-9-6-14(12-18)11-17-3;/h13-14,17H,4-12H2,1-3H3;1H. The van der Waals surface area contributed by atoms with Gasteiger partial charge in [0.05, 0.1) is 0 Å². The summed E-state index contributed by atoms with van der Waals surface area (Å²) in [5.74, 6) is 1.75. The smallest absolute Gasteiger partial charge is 0.228 e. The molecule has 2 fully saturated rings. The van der Waals surface area contributed by atoms with E-state index >= 15 is 0 Å². The Labute approximate surface area is 130 Å². The molecule has 2 rings (SSSR count). The normalized spacial score (nSPS) is 25.0. The highest BCUT2D eigenvalue weighted by Crippen LogP contribution is 2.45. The second-order valence-corrected chi connectivity index (χ2v) is 7.05. The summed E-state index contributed by atoms with van der Waals surface area (Å²) in [6.07, 6.45) is 6.98. The predicted octanol–water partition coefficient (Wildman–Crippen LogP) is 3.08. The van der Waals surface area contributed by atoms with Gasteiger partial charge in [-0.25, -0.2) is 0 Å². The SMILES string of the molecule is CNCC1CCN(C(=O)C2(CC(C)C)CCCC2)C1.Cl. The molecule has 4 heteroatoms. The molecule has 0 aromatic rings. The Morgan fingerprint density at radius 2 is 2.00 bits per heavy atom. The van der Waals surface area contributed by atoms with Gasteiger partial charge in [0.25, 0.3) is 0 Å². The van der Waals surface area contributed by atoms with Crippen LogP contribution in [-0.4, -0.2) is 37.5 Å². The van der Waals surface area contributed by atoms with Crippen molar-refractivity contribution in [2.24, 2.45) is 17.3 Å². The van der Waals surface area contributed by atoms with E-state index in [0.29, 0.717) is 17.7 Å². The van der Waals surface area contributed by atoms with E-state index in [9.17, 15) is 4.79 Å². The van der Waals surface area contributed by atoms with Crippen molar-refractivity contribution >= 4 is 18.3 Å². The van der Waals surface area contributed by atoms with E-state index in [4.69, 9.17) is 0 Å². The van der Waals surface area contributed by atoms with Crippen molar-refractivity contribution in [1.82, 2.24) is 10.2 Å². The number of nitrogens with zero attached hydrogens (tertiary/aromatic N) is 1. The molecule has 1 amide bonds. The van der Waals surface area contributed by atoms with E-state index in [0.717, 1.165) is 38.9 Å². The topological polar surface area (TPSA) is 32.3 Å². The number of nitrogens with one attached hydrogen (secondary N) is 1. The second-order valence-electron chi connectivity index (χ2n) is 7.05.